The Hall–Kier alpha value is -3.46. The van der Waals surface area contributed by atoms with Crippen molar-refractivity contribution in [2.45, 2.75) is 45.8 Å². The first-order valence-electron chi connectivity index (χ1n) is 10.9. The van der Waals surface area contributed by atoms with Crippen molar-refractivity contribution in [2.75, 3.05) is 13.6 Å². The molecule has 0 saturated carbocycles. The van der Waals surface area contributed by atoms with Gasteiger partial charge in [0.1, 0.15) is 11.4 Å². The summed E-state index contributed by atoms with van der Waals surface area (Å²) in [6, 6.07) is 5.90. The molecule has 1 aromatic carbocycles. The molecule has 3 N–H and O–H groups in total. The van der Waals surface area contributed by atoms with Crippen LogP contribution in [0.5, 0.6) is 5.75 Å². The van der Waals surface area contributed by atoms with Crippen molar-refractivity contribution in [3.63, 3.8) is 0 Å². The fourth-order valence-corrected chi connectivity index (χ4v) is 3.75. The summed E-state index contributed by atoms with van der Waals surface area (Å²) >= 11 is 0. The number of aromatic nitrogens is 1. The maximum absolute atomic E-state index is 13.1. The van der Waals surface area contributed by atoms with Crippen molar-refractivity contribution in [3.05, 3.63) is 75.1 Å². The number of pyridine rings is 1. The molecule has 0 spiro atoms. The molecule has 2 amide bonds. The summed E-state index contributed by atoms with van der Waals surface area (Å²) in [4.78, 5) is 40.1. The Morgan fingerprint density at radius 3 is 2.61 bits per heavy atom. The maximum atomic E-state index is 13.1. The van der Waals surface area contributed by atoms with Gasteiger partial charge in [0.25, 0.3) is 11.8 Å². The first kappa shape index (κ1) is 24.2. The minimum Gasteiger partial charge on any atom is -0.503 e. The minimum absolute atomic E-state index is 0.0823. The molecule has 1 aliphatic rings. The van der Waals surface area contributed by atoms with Gasteiger partial charge in [0.05, 0.1) is 6.54 Å². The number of hydrogen-bond donors (Lipinski definition) is 3. The molecule has 8 nitrogen and oxygen atoms in total. The van der Waals surface area contributed by atoms with Crippen LogP contribution in [0, 0.1) is 5.82 Å². The van der Waals surface area contributed by atoms with E-state index in [0.29, 0.717) is 18.2 Å². The highest BCUT2D eigenvalue weighted by Gasteiger charge is 2.33. The number of halogens is 1. The lowest BCUT2D eigenvalue weighted by molar-refractivity contribution is 0.0753. The van der Waals surface area contributed by atoms with E-state index in [2.05, 4.69) is 17.6 Å². The van der Waals surface area contributed by atoms with Gasteiger partial charge in [0.15, 0.2) is 11.4 Å². The quantitative estimate of drug-likeness (QED) is 0.566. The third kappa shape index (κ3) is 5.31. The van der Waals surface area contributed by atoms with Crippen molar-refractivity contribution in [1.82, 2.24) is 20.1 Å². The molecule has 0 aliphatic carbocycles. The van der Waals surface area contributed by atoms with Crippen LogP contribution in [0.4, 0.5) is 4.39 Å². The predicted octanol–water partition coefficient (Wildman–Crippen LogP) is 2.37. The van der Waals surface area contributed by atoms with Crippen molar-refractivity contribution < 1.29 is 19.1 Å². The van der Waals surface area contributed by atoms with Crippen LogP contribution >= 0.6 is 0 Å². The van der Waals surface area contributed by atoms with Gasteiger partial charge in [-0.1, -0.05) is 18.2 Å². The van der Waals surface area contributed by atoms with Crippen LogP contribution in [-0.4, -0.2) is 46.0 Å². The lowest BCUT2D eigenvalue weighted by Gasteiger charge is -2.33. The van der Waals surface area contributed by atoms with Crippen LogP contribution in [0.1, 0.15) is 53.1 Å². The zero-order chi connectivity index (χ0) is 24.1. The van der Waals surface area contributed by atoms with Crippen LogP contribution in [0.25, 0.3) is 0 Å². The molecule has 3 rings (SSSR count). The molecule has 1 aromatic heterocycles. The van der Waals surface area contributed by atoms with E-state index < -0.39 is 28.8 Å². The van der Waals surface area contributed by atoms with Crippen molar-refractivity contribution in [2.24, 2.45) is 0 Å². The highest BCUT2D eigenvalue weighted by atomic mass is 19.1. The van der Waals surface area contributed by atoms with E-state index in [9.17, 15) is 23.9 Å². The van der Waals surface area contributed by atoms with E-state index in [-0.39, 0.29) is 24.3 Å². The summed E-state index contributed by atoms with van der Waals surface area (Å²) in [5.41, 5.74) is 0.0890. The number of benzene rings is 1. The summed E-state index contributed by atoms with van der Waals surface area (Å²) < 4.78 is 14.5. The monoisotopic (exact) mass is 456 g/mol. The molecule has 0 saturated heterocycles. The number of nitrogens with zero attached hydrogens (tertiary/aromatic N) is 2. The standard InChI is InChI=1S/C24H29FN4O4/c1-4-18-13-28-14-19(23(32)27-12-16-7-9-17(25)10-8-16)21(30)22(31)20(28)24(33)29(18)11-5-6-15(2)26-3/h4,7-10,14-15,26,31H,5-6,11-13H2,1-3H3,(H,27,32)/b18-4+/t15-/m0/s1. The average molecular weight is 457 g/mol. The summed E-state index contributed by atoms with van der Waals surface area (Å²) in [5, 5.41) is 16.3. The second-order valence-corrected chi connectivity index (χ2v) is 8.07. The Morgan fingerprint density at radius 1 is 1.27 bits per heavy atom. The van der Waals surface area contributed by atoms with E-state index >= 15 is 0 Å². The first-order chi connectivity index (χ1) is 15.8. The Kier molecular flexibility index (Phi) is 7.65. The van der Waals surface area contributed by atoms with Crippen molar-refractivity contribution >= 4 is 11.8 Å². The van der Waals surface area contributed by atoms with E-state index in [1.54, 1.807) is 4.90 Å². The summed E-state index contributed by atoms with van der Waals surface area (Å²) in [6.07, 6.45) is 4.73. The molecular weight excluding hydrogens is 427 g/mol. The Bertz CT molecular complexity index is 1120. The Labute approximate surface area is 191 Å². The number of carbonyl (C=O) groups excluding carboxylic acids is 2. The molecule has 0 bridgehead atoms. The zero-order valence-electron chi connectivity index (χ0n) is 19.0. The second kappa shape index (κ2) is 10.4. The second-order valence-electron chi connectivity index (χ2n) is 8.07. The van der Waals surface area contributed by atoms with Crippen LogP contribution in [0.3, 0.4) is 0 Å². The van der Waals surface area contributed by atoms with Crippen molar-refractivity contribution in [1.29, 1.82) is 0 Å². The van der Waals surface area contributed by atoms with Crippen LogP contribution < -0.4 is 16.1 Å². The predicted molar refractivity (Wildman–Crippen MR) is 122 cm³/mol. The number of rotatable bonds is 8. The molecule has 9 heteroatoms. The minimum atomic E-state index is -0.904. The molecule has 1 aliphatic heterocycles. The molecule has 1 atom stereocenters. The number of nitrogens with one attached hydrogen (secondary N) is 2. The fraction of sp³-hybridized carbons (Fsp3) is 0.375. The summed E-state index contributed by atoms with van der Waals surface area (Å²) in [5.74, 6) is -2.29. The number of hydrogen-bond acceptors (Lipinski definition) is 5. The van der Waals surface area contributed by atoms with Crippen molar-refractivity contribution in [3.8, 4) is 5.75 Å². The lowest BCUT2D eigenvalue weighted by Crippen LogP contribution is -2.42. The highest BCUT2D eigenvalue weighted by molar-refractivity contribution is 5.99. The van der Waals surface area contributed by atoms with Gasteiger partial charge in [-0.3, -0.25) is 14.4 Å². The highest BCUT2D eigenvalue weighted by Crippen LogP contribution is 2.26. The first-order valence-corrected chi connectivity index (χ1v) is 10.9. The van der Waals surface area contributed by atoms with E-state index in [4.69, 9.17) is 0 Å². The normalized spacial score (nSPS) is 15.5. The van der Waals surface area contributed by atoms with Gasteiger partial charge >= 0.3 is 0 Å². The molecule has 0 radical (unpaired) electrons. The van der Waals surface area contributed by atoms with Crippen LogP contribution in [0.15, 0.2) is 47.0 Å². The van der Waals surface area contributed by atoms with Crippen LogP contribution in [0.2, 0.25) is 0 Å². The van der Waals surface area contributed by atoms with Gasteiger partial charge < -0.3 is 25.2 Å². The number of aromatic hydroxyl groups is 1. The summed E-state index contributed by atoms with van der Waals surface area (Å²) in [7, 11) is 1.88. The van der Waals surface area contributed by atoms with Gasteiger partial charge in [-0.2, -0.15) is 0 Å². The number of amides is 2. The Balaban J connectivity index is 1.83. The lowest BCUT2D eigenvalue weighted by atomic mass is 10.1. The van der Waals surface area contributed by atoms with Gasteiger partial charge in [0, 0.05) is 31.0 Å². The van der Waals surface area contributed by atoms with Gasteiger partial charge in [-0.15, -0.1) is 0 Å². The topological polar surface area (TPSA) is 104 Å². The number of allylic oxidation sites excluding steroid dienone is 2. The van der Waals surface area contributed by atoms with Gasteiger partial charge in [0.2, 0.25) is 5.43 Å². The average Bonchev–Trinajstić information content (AvgIpc) is 2.81. The van der Waals surface area contributed by atoms with E-state index in [1.165, 1.54) is 35.0 Å². The van der Waals surface area contributed by atoms with E-state index in [0.717, 1.165) is 18.5 Å². The maximum Gasteiger partial charge on any atom is 0.278 e. The SMILES string of the molecule is C/C=C1\Cn2cc(C(=O)NCc3ccc(F)cc3)c(=O)c(O)c2C(=O)N1CCC[C@H](C)NC. The number of fused-ring (bicyclic) bond motifs is 1. The Morgan fingerprint density at radius 2 is 1.97 bits per heavy atom. The molecule has 0 unspecified atom stereocenters. The molecule has 2 heterocycles. The molecule has 176 valence electrons. The third-order valence-electron chi connectivity index (χ3n) is 5.84. The third-order valence-corrected chi connectivity index (χ3v) is 5.84. The van der Waals surface area contributed by atoms with E-state index in [1.807, 2.05) is 20.0 Å². The van der Waals surface area contributed by atoms with Gasteiger partial charge in [-0.05, 0) is 51.4 Å². The summed E-state index contributed by atoms with van der Waals surface area (Å²) in [6.45, 7) is 4.65. The van der Waals surface area contributed by atoms with Crippen LogP contribution in [-0.2, 0) is 13.1 Å². The molecule has 33 heavy (non-hydrogen) atoms. The smallest absolute Gasteiger partial charge is 0.278 e. The van der Waals surface area contributed by atoms with Gasteiger partial charge in [-0.25, -0.2) is 4.39 Å². The fourth-order valence-electron chi connectivity index (χ4n) is 3.75. The molecule has 2 aromatic rings. The zero-order valence-corrected chi connectivity index (χ0v) is 19.0. The number of carbonyl (C=O) groups is 2. The largest absolute Gasteiger partial charge is 0.503 e. The molecule has 0 fully saturated rings. The molecular formula is C24H29FN4O4.